The Bertz CT molecular complexity index is 1100. The molecule has 29 heavy (non-hydrogen) atoms. The maximum absolute atomic E-state index is 13.2. The summed E-state index contributed by atoms with van der Waals surface area (Å²) in [6, 6.07) is 9.12. The van der Waals surface area contributed by atoms with E-state index in [1.807, 2.05) is 13.0 Å². The number of benzene rings is 1. The van der Waals surface area contributed by atoms with Crippen LogP contribution in [0.5, 0.6) is 0 Å². The van der Waals surface area contributed by atoms with Gasteiger partial charge in [-0.15, -0.1) is 0 Å². The number of hydrogen-bond acceptors (Lipinski definition) is 5. The molecule has 0 radical (unpaired) electrons. The lowest BCUT2D eigenvalue weighted by Crippen LogP contribution is -2.35. The molecule has 6 nitrogen and oxygen atoms in total. The van der Waals surface area contributed by atoms with Gasteiger partial charge in [-0.2, -0.15) is 0 Å². The molecular formula is C22H28N4O2S. The first-order chi connectivity index (χ1) is 13.9. The quantitative estimate of drug-likeness (QED) is 0.622. The van der Waals surface area contributed by atoms with Crippen molar-refractivity contribution in [2.24, 2.45) is 5.92 Å². The third-order valence-corrected chi connectivity index (χ3v) is 7.96. The second-order valence-electron chi connectivity index (χ2n) is 8.06. The van der Waals surface area contributed by atoms with Crippen LogP contribution in [0, 0.1) is 12.8 Å². The van der Waals surface area contributed by atoms with Gasteiger partial charge < -0.3 is 4.90 Å². The van der Waals surface area contributed by atoms with Crippen LogP contribution in [0.2, 0.25) is 0 Å². The molecule has 0 bridgehead atoms. The molecule has 1 aromatic carbocycles. The smallest absolute Gasteiger partial charge is 0.269 e. The van der Waals surface area contributed by atoms with Gasteiger partial charge in [-0.1, -0.05) is 31.0 Å². The van der Waals surface area contributed by atoms with Crippen molar-refractivity contribution in [1.82, 2.24) is 13.9 Å². The van der Waals surface area contributed by atoms with Crippen molar-refractivity contribution in [3.63, 3.8) is 0 Å². The standard InChI is InChI=1S/C22H28N4O2S/c1-4-17-7-9-18(10-8-17)25(3)21-20-13-14-26(22(20)24-15-23-21)29(27,28)19-11-5-16(2)6-12-19/h5-6,11-15,17-18H,4,7-10H2,1-3H3. The van der Waals surface area contributed by atoms with Gasteiger partial charge in [0.1, 0.15) is 12.1 Å². The highest BCUT2D eigenvalue weighted by Gasteiger charge is 2.27. The molecule has 0 saturated heterocycles. The molecule has 7 heteroatoms. The van der Waals surface area contributed by atoms with Crippen LogP contribution >= 0.6 is 0 Å². The van der Waals surface area contributed by atoms with Crippen molar-refractivity contribution in [2.75, 3.05) is 11.9 Å². The van der Waals surface area contributed by atoms with E-state index in [1.165, 1.54) is 29.6 Å². The fourth-order valence-corrected chi connectivity index (χ4v) is 5.63. The average Bonchev–Trinajstić information content (AvgIpc) is 3.19. The molecule has 0 atom stereocenters. The van der Waals surface area contributed by atoms with Gasteiger partial charge in [0.2, 0.25) is 0 Å². The summed E-state index contributed by atoms with van der Waals surface area (Å²) >= 11 is 0. The Balaban J connectivity index is 1.69. The molecule has 1 aliphatic carbocycles. The Hall–Kier alpha value is -2.41. The molecule has 154 valence electrons. The molecular weight excluding hydrogens is 384 g/mol. The summed E-state index contributed by atoms with van der Waals surface area (Å²) in [5.41, 5.74) is 1.44. The largest absolute Gasteiger partial charge is 0.356 e. The topological polar surface area (TPSA) is 68.1 Å². The molecule has 0 spiro atoms. The van der Waals surface area contributed by atoms with E-state index in [0.717, 1.165) is 35.5 Å². The van der Waals surface area contributed by atoms with Crippen LogP contribution in [0.1, 0.15) is 44.6 Å². The highest BCUT2D eigenvalue weighted by Crippen LogP contribution is 2.33. The van der Waals surface area contributed by atoms with E-state index in [1.54, 1.807) is 30.5 Å². The first-order valence-corrected chi connectivity index (χ1v) is 11.7. The molecule has 1 saturated carbocycles. The zero-order valence-corrected chi connectivity index (χ0v) is 18.1. The summed E-state index contributed by atoms with van der Waals surface area (Å²) in [5, 5.41) is 0.767. The van der Waals surface area contributed by atoms with Crippen LogP contribution in [0.15, 0.2) is 47.8 Å². The van der Waals surface area contributed by atoms with Crippen LogP contribution in [0.4, 0.5) is 5.82 Å². The van der Waals surface area contributed by atoms with E-state index < -0.39 is 10.0 Å². The minimum atomic E-state index is -3.71. The summed E-state index contributed by atoms with van der Waals surface area (Å²) < 4.78 is 27.6. The van der Waals surface area contributed by atoms with Crippen LogP contribution in [0.3, 0.4) is 0 Å². The number of rotatable bonds is 5. The Morgan fingerprint density at radius 2 is 1.76 bits per heavy atom. The molecule has 0 aliphatic heterocycles. The highest BCUT2D eigenvalue weighted by molar-refractivity contribution is 7.90. The van der Waals surface area contributed by atoms with E-state index >= 15 is 0 Å². The summed E-state index contributed by atoms with van der Waals surface area (Å²) in [6.07, 6.45) is 9.05. The lowest BCUT2D eigenvalue weighted by Gasteiger charge is -2.35. The molecule has 0 unspecified atom stereocenters. The van der Waals surface area contributed by atoms with Crippen molar-refractivity contribution < 1.29 is 8.42 Å². The molecule has 4 rings (SSSR count). The minimum absolute atomic E-state index is 0.256. The number of aryl methyl sites for hydroxylation is 1. The Labute approximate surface area is 172 Å². The number of nitrogens with zero attached hydrogens (tertiary/aromatic N) is 4. The van der Waals surface area contributed by atoms with Crippen LogP contribution < -0.4 is 4.90 Å². The lowest BCUT2D eigenvalue weighted by molar-refractivity contribution is 0.313. The van der Waals surface area contributed by atoms with E-state index in [0.29, 0.717) is 11.7 Å². The van der Waals surface area contributed by atoms with Crippen LogP contribution in [0.25, 0.3) is 11.0 Å². The van der Waals surface area contributed by atoms with E-state index in [4.69, 9.17) is 0 Å². The second kappa shape index (κ2) is 7.78. The minimum Gasteiger partial charge on any atom is -0.356 e. The van der Waals surface area contributed by atoms with Crippen molar-refractivity contribution in [1.29, 1.82) is 0 Å². The number of hydrogen-bond donors (Lipinski definition) is 0. The van der Waals surface area contributed by atoms with Crippen molar-refractivity contribution >= 4 is 26.9 Å². The Morgan fingerprint density at radius 3 is 2.41 bits per heavy atom. The second-order valence-corrected chi connectivity index (χ2v) is 9.87. The SMILES string of the molecule is CCC1CCC(N(C)c2ncnc3c2ccn3S(=O)(=O)c2ccc(C)cc2)CC1. The molecule has 1 aliphatic rings. The lowest BCUT2D eigenvalue weighted by atomic mass is 9.84. The third-order valence-electron chi connectivity index (χ3n) is 6.28. The van der Waals surface area contributed by atoms with E-state index in [9.17, 15) is 8.42 Å². The number of fused-ring (bicyclic) bond motifs is 1. The van der Waals surface area contributed by atoms with Gasteiger partial charge in [-0.05, 0) is 56.7 Å². The molecule has 3 aromatic rings. The van der Waals surface area contributed by atoms with Gasteiger partial charge in [-0.25, -0.2) is 22.4 Å². The molecule has 1 fully saturated rings. The van der Waals surface area contributed by atoms with E-state index in [2.05, 4.69) is 28.8 Å². The van der Waals surface area contributed by atoms with Crippen molar-refractivity contribution in [3.05, 3.63) is 48.4 Å². The zero-order chi connectivity index (χ0) is 20.6. The van der Waals surface area contributed by atoms with Gasteiger partial charge in [-0.3, -0.25) is 0 Å². The Kier molecular flexibility index (Phi) is 5.34. The van der Waals surface area contributed by atoms with Gasteiger partial charge in [0, 0.05) is 19.3 Å². The van der Waals surface area contributed by atoms with Gasteiger partial charge in [0.25, 0.3) is 10.0 Å². The summed E-state index contributed by atoms with van der Waals surface area (Å²) in [6.45, 7) is 4.20. The van der Waals surface area contributed by atoms with Crippen LogP contribution in [-0.2, 0) is 10.0 Å². The summed E-state index contributed by atoms with van der Waals surface area (Å²) in [4.78, 5) is 11.3. The molecule has 0 N–H and O–H groups in total. The predicted octanol–water partition coefficient (Wildman–Crippen LogP) is 4.38. The molecule has 2 heterocycles. The van der Waals surface area contributed by atoms with Gasteiger partial charge in [0.05, 0.1) is 10.3 Å². The average molecular weight is 413 g/mol. The normalized spacial score (nSPS) is 20.1. The maximum atomic E-state index is 13.2. The summed E-state index contributed by atoms with van der Waals surface area (Å²) in [5.74, 6) is 1.62. The fourth-order valence-electron chi connectivity index (χ4n) is 4.33. The number of aromatic nitrogens is 3. The monoisotopic (exact) mass is 412 g/mol. The van der Waals surface area contributed by atoms with Crippen LogP contribution in [-0.4, -0.2) is 35.4 Å². The number of anilines is 1. The third kappa shape index (κ3) is 3.64. The van der Waals surface area contributed by atoms with E-state index in [-0.39, 0.29) is 4.90 Å². The Morgan fingerprint density at radius 1 is 1.07 bits per heavy atom. The molecule has 0 amide bonds. The van der Waals surface area contributed by atoms with Gasteiger partial charge in [0.15, 0.2) is 5.65 Å². The first-order valence-electron chi connectivity index (χ1n) is 10.3. The zero-order valence-electron chi connectivity index (χ0n) is 17.2. The van der Waals surface area contributed by atoms with Crippen molar-refractivity contribution in [3.8, 4) is 0 Å². The fraction of sp³-hybridized carbons (Fsp3) is 0.455. The highest BCUT2D eigenvalue weighted by atomic mass is 32.2. The predicted molar refractivity (Wildman–Crippen MR) is 116 cm³/mol. The van der Waals surface area contributed by atoms with Gasteiger partial charge >= 0.3 is 0 Å². The summed E-state index contributed by atoms with van der Waals surface area (Å²) in [7, 11) is -1.65. The maximum Gasteiger partial charge on any atom is 0.269 e. The molecule has 2 aromatic heterocycles. The first kappa shape index (κ1) is 19.9. The van der Waals surface area contributed by atoms with Crippen molar-refractivity contribution in [2.45, 2.75) is 56.9 Å².